The number of aryl methyl sites for hydroxylation is 1. The molecular weight excluding hydrogens is 292 g/mol. The van der Waals surface area contributed by atoms with Crippen molar-refractivity contribution in [2.75, 3.05) is 13.1 Å². The van der Waals surface area contributed by atoms with Crippen LogP contribution in [-0.2, 0) is 4.79 Å². The molecule has 2 heterocycles. The smallest absolute Gasteiger partial charge is 0.271 e. The summed E-state index contributed by atoms with van der Waals surface area (Å²) in [4.78, 5) is 34.4. The first-order valence-corrected chi connectivity index (χ1v) is 8.49. The number of rotatable bonds is 4. The van der Waals surface area contributed by atoms with Crippen LogP contribution in [0.1, 0.15) is 54.7 Å². The minimum atomic E-state index is -0.255. The van der Waals surface area contributed by atoms with E-state index in [1.165, 1.54) is 38.3 Å². The summed E-state index contributed by atoms with van der Waals surface area (Å²) in [7, 11) is 0. The summed E-state index contributed by atoms with van der Waals surface area (Å²) in [5.41, 5.74) is 1.07. The number of nitrogens with one attached hydrogen (secondary N) is 1. The Balaban J connectivity index is 1.52. The van der Waals surface area contributed by atoms with Crippen LogP contribution in [0.15, 0.2) is 12.4 Å². The van der Waals surface area contributed by atoms with Gasteiger partial charge in [-0.3, -0.25) is 14.6 Å². The Morgan fingerprint density at radius 3 is 2.74 bits per heavy atom. The Morgan fingerprint density at radius 1 is 1.26 bits per heavy atom. The summed E-state index contributed by atoms with van der Waals surface area (Å²) >= 11 is 0. The summed E-state index contributed by atoms with van der Waals surface area (Å²) in [5, 5.41) is 2.91. The highest BCUT2D eigenvalue weighted by Crippen LogP contribution is 2.26. The zero-order valence-electron chi connectivity index (χ0n) is 13.6. The number of carbonyl (C=O) groups excluding carboxylic acids is 2. The Hall–Kier alpha value is -1.98. The van der Waals surface area contributed by atoms with Gasteiger partial charge in [-0.05, 0) is 25.7 Å². The fourth-order valence-corrected chi connectivity index (χ4v) is 3.50. The molecule has 2 aliphatic rings. The van der Waals surface area contributed by atoms with Crippen LogP contribution < -0.4 is 5.32 Å². The molecule has 124 valence electrons. The molecule has 1 saturated carbocycles. The second kappa shape index (κ2) is 7.06. The van der Waals surface area contributed by atoms with E-state index in [-0.39, 0.29) is 17.9 Å². The molecule has 1 atom stereocenters. The van der Waals surface area contributed by atoms with Gasteiger partial charge in [-0.15, -0.1) is 0 Å². The summed E-state index contributed by atoms with van der Waals surface area (Å²) in [5.74, 6) is 0.524. The van der Waals surface area contributed by atoms with Crippen molar-refractivity contribution < 1.29 is 9.59 Å². The number of hydrogen-bond donors (Lipinski definition) is 1. The van der Waals surface area contributed by atoms with E-state index >= 15 is 0 Å². The van der Waals surface area contributed by atoms with Crippen molar-refractivity contribution >= 4 is 11.8 Å². The Morgan fingerprint density at radius 2 is 2.04 bits per heavy atom. The molecule has 6 nitrogen and oxygen atoms in total. The predicted octanol–water partition coefficient (Wildman–Crippen LogP) is 1.70. The average Bonchev–Trinajstić information content (AvgIpc) is 2.88. The molecule has 0 spiro atoms. The van der Waals surface area contributed by atoms with Gasteiger partial charge >= 0.3 is 0 Å². The molecule has 6 heteroatoms. The molecular formula is C17H24N4O2. The maximum absolute atomic E-state index is 12.2. The first-order chi connectivity index (χ1) is 11.1. The van der Waals surface area contributed by atoms with Crippen molar-refractivity contribution in [3.05, 3.63) is 23.8 Å². The molecule has 0 aromatic carbocycles. The van der Waals surface area contributed by atoms with E-state index in [4.69, 9.17) is 0 Å². The molecule has 1 saturated heterocycles. The van der Waals surface area contributed by atoms with Gasteiger partial charge in [0.1, 0.15) is 5.69 Å². The second-order valence-electron chi connectivity index (χ2n) is 6.72. The summed E-state index contributed by atoms with van der Waals surface area (Å²) in [6, 6.07) is -0.123. The average molecular weight is 316 g/mol. The number of nitrogens with zero attached hydrogens (tertiary/aromatic N) is 3. The van der Waals surface area contributed by atoms with Gasteiger partial charge in [0, 0.05) is 25.7 Å². The lowest BCUT2D eigenvalue weighted by Gasteiger charge is -2.27. The number of likely N-dealkylation sites (tertiary alicyclic amines) is 1. The van der Waals surface area contributed by atoms with Crippen LogP contribution in [0, 0.1) is 12.8 Å². The third-order valence-electron chi connectivity index (χ3n) is 4.77. The first-order valence-electron chi connectivity index (χ1n) is 8.49. The van der Waals surface area contributed by atoms with Gasteiger partial charge in [0.05, 0.1) is 17.9 Å². The lowest BCUT2D eigenvalue weighted by Crippen LogP contribution is -2.38. The van der Waals surface area contributed by atoms with E-state index in [2.05, 4.69) is 15.3 Å². The highest BCUT2D eigenvalue weighted by Gasteiger charge is 2.32. The van der Waals surface area contributed by atoms with Crippen molar-refractivity contribution in [3.63, 3.8) is 0 Å². The highest BCUT2D eigenvalue weighted by atomic mass is 16.2. The monoisotopic (exact) mass is 316 g/mol. The molecule has 2 amide bonds. The van der Waals surface area contributed by atoms with E-state index in [0.29, 0.717) is 24.6 Å². The van der Waals surface area contributed by atoms with Crippen LogP contribution in [0.3, 0.4) is 0 Å². The van der Waals surface area contributed by atoms with Gasteiger partial charge in [0.25, 0.3) is 5.91 Å². The third-order valence-corrected chi connectivity index (χ3v) is 4.77. The van der Waals surface area contributed by atoms with E-state index in [9.17, 15) is 9.59 Å². The Labute approximate surface area is 136 Å². The van der Waals surface area contributed by atoms with Crippen molar-refractivity contribution in [2.24, 2.45) is 5.92 Å². The van der Waals surface area contributed by atoms with Crippen LogP contribution in [0.2, 0.25) is 0 Å². The number of hydrogen-bond acceptors (Lipinski definition) is 4. The fourth-order valence-electron chi connectivity index (χ4n) is 3.50. The van der Waals surface area contributed by atoms with Gasteiger partial charge in [0.2, 0.25) is 5.91 Å². The van der Waals surface area contributed by atoms with E-state index in [1.807, 2.05) is 11.8 Å². The fraction of sp³-hybridized carbons (Fsp3) is 0.647. The van der Waals surface area contributed by atoms with Gasteiger partial charge in [0.15, 0.2) is 0 Å². The maximum Gasteiger partial charge on any atom is 0.271 e. The maximum atomic E-state index is 12.2. The largest absolute Gasteiger partial charge is 0.346 e. The predicted molar refractivity (Wildman–Crippen MR) is 85.8 cm³/mol. The second-order valence-corrected chi connectivity index (χ2v) is 6.72. The number of amides is 2. The molecule has 0 bridgehead atoms. The number of aromatic nitrogens is 2. The van der Waals surface area contributed by atoms with Crippen LogP contribution in [0.4, 0.5) is 0 Å². The minimum absolute atomic E-state index is 0.123. The molecule has 0 radical (unpaired) electrons. The topological polar surface area (TPSA) is 75.2 Å². The third kappa shape index (κ3) is 4.06. The molecule has 3 rings (SSSR count). The van der Waals surface area contributed by atoms with Gasteiger partial charge in [-0.2, -0.15) is 0 Å². The zero-order valence-corrected chi connectivity index (χ0v) is 13.6. The van der Waals surface area contributed by atoms with Crippen LogP contribution in [0.5, 0.6) is 0 Å². The van der Waals surface area contributed by atoms with Gasteiger partial charge in [-0.1, -0.05) is 19.3 Å². The Bertz CT molecular complexity index is 566. The van der Waals surface area contributed by atoms with Gasteiger partial charge in [-0.25, -0.2) is 4.98 Å². The number of carbonyl (C=O) groups is 2. The zero-order chi connectivity index (χ0) is 16.2. The molecule has 1 aliphatic heterocycles. The van der Waals surface area contributed by atoms with Crippen molar-refractivity contribution in [1.29, 1.82) is 0 Å². The van der Waals surface area contributed by atoms with Crippen LogP contribution in [0.25, 0.3) is 0 Å². The van der Waals surface area contributed by atoms with E-state index < -0.39 is 0 Å². The molecule has 1 aromatic rings. The first kappa shape index (κ1) is 15.9. The standard InChI is InChI=1S/C17H24N4O2/c1-12-8-19-15(9-18-12)17(23)20-14-7-16(22)21(11-14)10-13-5-3-2-4-6-13/h8-9,13-14H,2-7,10-11H2,1H3,(H,20,23). The summed E-state index contributed by atoms with van der Waals surface area (Å²) < 4.78 is 0. The van der Waals surface area contributed by atoms with Crippen LogP contribution >= 0.6 is 0 Å². The quantitative estimate of drug-likeness (QED) is 0.917. The Kier molecular flexibility index (Phi) is 4.88. The highest BCUT2D eigenvalue weighted by molar-refractivity contribution is 5.93. The summed E-state index contributed by atoms with van der Waals surface area (Å²) in [6.45, 7) is 3.28. The lowest BCUT2D eigenvalue weighted by molar-refractivity contribution is -0.128. The van der Waals surface area contributed by atoms with Crippen molar-refractivity contribution in [1.82, 2.24) is 20.2 Å². The lowest BCUT2D eigenvalue weighted by atomic mass is 9.89. The molecule has 1 unspecified atom stereocenters. The molecule has 2 fully saturated rings. The molecule has 23 heavy (non-hydrogen) atoms. The molecule has 1 aromatic heterocycles. The summed E-state index contributed by atoms with van der Waals surface area (Å²) in [6.07, 6.45) is 9.75. The SMILES string of the molecule is Cc1cnc(C(=O)NC2CC(=O)N(CC3CCCCC3)C2)cn1. The minimum Gasteiger partial charge on any atom is -0.346 e. The van der Waals surface area contributed by atoms with E-state index in [1.54, 1.807) is 6.20 Å². The normalized spacial score (nSPS) is 22.4. The van der Waals surface area contributed by atoms with E-state index in [0.717, 1.165) is 12.2 Å². The van der Waals surface area contributed by atoms with Crippen LogP contribution in [-0.4, -0.2) is 45.8 Å². The van der Waals surface area contributed by atoms with Crippen molar-refractivity contribution in [3.8, 4) is 0 Å². The molecule has 1 N–H and O–H groups in total. The van der Waals surface area contributed by atoms with Crippen molar-refractivity contribution in [2.45, 2.75) is 51.5 Å². The van der Waals surface area contributed by atoms with Gasteiger partial charge < -0.3 is 10.2 Å². The molecule has 1 aliphatic carbocycles.